The number of rotatable bonds is 6. The molecule has 0 unspecified atom stereocenters. The fourth-order valence-corrected chi connectivity index (χ4v) is 3.64. The minimum Gasteiger partial charge on any atom is -0.361 e. The van der Waals surface area contributed by atoms with E-state index in [1.165, 1.54) is 29.2 Å². The van der Waals surface area contributed by atoms with Gasteiger partial charge in [-0.15, -0.1) is 0 Å². The molecule has 0 saturated carbocycles. The number of hydrogen-bond acceptors (Lipinski definition) is 2. The highest BCUT2D eigenvalue weighted by atomic mass is 19.1. The van der Waals surface area contributed by atoms with Crippen LogP contribution in [0.15, 0.2) is 85.1 Å². The van der Waals surface area contributed by atoms with E-state index in [1.54, 1.807) is 7.05 Å². The van der Waals surface area contributed by atoms with Crippen LogP contribution in [0.1, 0.15) is 17.2 Å². The highest BCUT2D eigenvalue weighted by molar-refractivity contribution is 5.98. The van der Waals surface area contributed by atoms with Crippen LogP contribution in [-0.4, -0.2) is 28.7 Å². The first kappa shape index (κ1) is 20.3. The molecule has 2 amide bonds. The number of amides is 2. The van der Waals surface area contributed by atoms with E-state index in [-0.39, 0.29) is 24.1 Å². The number of aromatic nitrogens is 1. The fraction of sp³-hybridized carbons (Fsp3) is 0.120. The number of halogens is 1. The summed E-state index contributed by atoms with van der Waals surface area (Å²) in [7, 11) is 1.62. The van der Waals surface area contributed by atoms with Crippen LogP contribution in [0.5, 0.6) is 0 Å². The second-order valence-electron chi connectivity index (χ2n) is 7.35. The predicted octanol–water partition coefficient (Wildman–Crippen LogP) is 4.69. The number of anilines is 1. The summed E-state index contributed by atoms with van der Waals surface area (Å²) >= 11 is 0. The van der Waals surface area contributed by atoms with E-state index in [4.69, 9.17) is 0 Å². The van der Waals surface area contributed by atoms with E-state index in [0.29, 0.717) is 11.3 Å². The molecule has 0 aliphatic heterocycles. The molecule has 0 aliphatic rings. The van der Waals surface area contributed by atoms with Gasteiger partial charge in [-0.3, -0.25) is 9.59 Å². The van der Waals surface area contributed by atoms with E-state index in [2.05, 4.69) is 10.3 Å². The van der Waals surface area contributed by atoms with Crippen molar-refractivity contribution in [3.8, 4) is 0 Å². The minimum atomic E-state index is -0.830. The molecule has 0 saturated heterocycles. The second kappa shape index (κ2) is 8.83. The monoisotopic (exact) mass is 415 g/mol. The van der Waals surface area contributed by atoms with E-state index in [0.717, 1.165) is 16.5 Å². The lowest BCUT2D eigenvalue weighted by Gasteiger charge is -2.28. The summed E-state index contributed by atoms with van der Waals surface area (Å²) in [4.78, 5) is 30.9. The van der Waals surface area contributed by atoms with Crippen LogP contribution in [0.25, 0.3) is 10.9 Å². The van der Waals surface area contributed by atoms with Gasteiger partial charge in [0.25, 0.3) is 5.91 Å². The number of carbonyl (C=O) groups is 2. The molecule has 156 valence electrons. The number of hydrogen-bond donors (Lipinski definition) is 2. The van der Waals surface area contributed by atoms with E-state index < -0.39 is 6.04 Å². The van der Waals surface area contributed by atoms with Crippen LogP contribution in [-0.2, 0) is 16.0 Å². The quantitative estimate of drug-likeness (QED) is 0.480. The second-order valence-corrected chi connectivity index (χ2v) is 7.35. The van der Waals surface area contributed by atoms with E-state index in [1.807, 2.05) is 60.8 Å². The third-order valence-electron chi connectivity index (χ3n) is 5.27. The van der Waals surface area contributed by atoms with Gasteiger partial charge in [-0.2, -0.15) is 0 Å². The summed E-state index contributed by atoms with van der Waals surface area (Å²) in [5.74, 6) is -0.941. The van der Waals surface area contributed by atoms with Crippen molar-refractivity contribution in [2.75, 3.05) is 12.4 Å². The standard InChI is InChI=1S/C25H22FN3O2/c1-29(23(30)15-18-16-27-22-10-6-5-9-21(18)22)24(17-7-3-2-4-8-17)25(31)28-20-13-11-19(26)12-14-20/h2-14,16,24,27H,15H2,1H3,(H,28,31)/t24-/m0/s1. The fourth-order valence-electron chi connectivity index (χ4n) is 3.64. The van der Waals surface area contributed by atoms with Crippen molar-refractivity contribution in [3.63, 3.8) is 0 Å². The highest BCUT2D eigenvalue weighted by Crippen LogP contribution is 2.24. The number of fused-ring (bicyclic) bond motifs is 1. The van der Waals surface area contributed by atoms with Crippen molar-refractivity contribution in [2.45, 2.75) is 12.5 Å². The van der Waals surface area contributed by atoms with Gasteiger partial charge in [0.1, 0.15) is 11.9 Å². The number of nitrogens with zero attached hydrogens (tertiary/aromatic N) is 1. The Morgan fingerprint density at radius 3 is 2.39 bits per heavy atom. The molecule has 4 aromatic rings. The van der Waals surface area contributed by atoms with Gasteiger partial charge in [0.15, 0.2) is 0 Å². The number of aromatic amines is 1. The van der Waals surface area contributed by atoms with Gasteiger partial charge >= 0.3 is 0 Å². The summed E-state index contributed by atoms with van der Waals surface area (Å²) in [5, 5.41) is 3.77. The topological polar surface area (TPSA) is 65.2 Å². The first-order valence-electron chi connectivity index (χ1n) is 9.95. The van der Waals surface area contributed by atoms with Gasteiger partial charge in [-0.05, 0) is 41.5 Å². The minimum absolute atomic E-state index is 0.160. The van der Waals surface area contributed by atoms with Gasteiger partial charge in [-0.25, -0.2) is 4.39 Å². The average molecular weight is 415 g/mol. The molecule has 31 heavy (non-hydrogen) atoms. The number of H-pyrrole nitrogens is 1. The largest absolute Gasteiger partial charge is 0.361 e. The zero-order valence-electron chi connectivity index (χ0n) is 17.0. The lowest BCUT2D eigenvalue weighted by molar-refractivity contribution is -0.136. The molecule has 0 bridgehead atoms. The molecule has 5 nitrogen and oxygen atoms in total. The average Bonchev–Trinajstić information content (AvgIpc) is 3.19. The van der Waals surface area contributed by atoms with Gasteiger partial charge in [-0.1, -0.05) is 48.5 Å². The van der Waals surface area contributed by atoms with Crippen LogP contribution in [0.2, 0.25) is 0 Å². The summed E-state index contributed by atoms with van der Waals surface area (Å²) in [6.45, 7) is 0. The Hall–Kier alpha value is -3.93. The Kier molecular flexibility index (Phi) is 5.80. The predicted molar refractivity (Wildman–Crippen MR) is 119 cm³/mol. The third-order valence-corrected chi connectivity index (χ3v) is 5.27. The highest BCUT2D eigenvalue weighted by Gasteiger charge is 2.29. The molecule has 0 fully saturated rings. The van der Waals surface area contributed by atoms with Crippen LogP contribution in [0.3, 0.4) is 0 Å². The molecule has 2 N–H and O–H groups in total. The Balaban J connectivity index is 1.59. The van der Waals surface area contributed by atoms with Crippen molar-refractivity contribution < 1.29 is 14.0 Å². The Morgan fingerprint density at radius 2 is 1.65 bits per heavy atom. The number of likely N-dealkylation sites (N-methyl/N-ethyl adjacent to an activating group) is 1. The summed E-state index contributed by atoms with van der Waals surface area (Å²) in [6.07, 6.45) is 1.99. The van der Waals surface area contributed by atoms with E-state index >= 15 is 0 Å². The molecule has 6 heteroatoms. The van der Waals surface area contributed by atoms with Crippen molar-refractivity contribution in [1.82, 2.24) is 9.88 Å². The van der Waals surface area contributed by atoms with Crippen LogP contribution < -0.4 is 5.32 Å². The molecular weight excluding hydrogens is 393 g/mol. The molecule has 0 spiro atoms. The van der Waals surface area contributed by atoms with Gasteiger partial charge in [0.2, 0.25) is 5.91 Å². The molecule has 1 heterocycles. The summed E-state index contributed by atoms with van der Waals surface area (Å²) in [5.41, 5.74) is 2.99. The number of nitrogens with one attached hydrogen (secondary N) is 2. The van der Waals surface area contributed by atoms with Crippen molar-refractivity contribution >= 4 is 28.4 Å². The number of carbonyl (C=O) groups excluding carboxylic acids is 2. The molecule has 0 aliphatic carbocycles. The maximum Gasteiger partial charge on any atom is 0.251 e. The SMILES string of the molecule is CN(C(=O)Cc1c[nH]c2ccccc12)[C@H](C(=O)Nc1ccc(F)cc1)c1ccccc1. The molecule has 1 atom stereocenters. The molecule has 0 radical (unpaired) electrons. The third kappa shape index (κ3) is 4.48. The smallest absolute Gasteiger partial charge is 0.251 e. The maximum atomic E-state index is 13.2. The Morgan fingerprint density at radius 1 is 0.968 bits per heavy atom. The first-order chi connectivity index (χ1) is 15.0. The summed E-state index contributed by atoms with van der Waals surface area (Å²) < 4.78 is 13.2. The zero-order chi connectivity index (χ0) is 21.8. The lowest BCUT2D eigenvalue weighted by atomic mass is 10.0. The van der Waals surface area contributed by atoms with Gasteiger partial charge in [0.05, 0.1) is 6.42 Å². The summed E-state index contributed by atoms with van der Waals surface area (Å²) in [6, 6.07) is 21.6. The van der Waals surface area contributed by atoms with E-state index in [9.17, 15) is 14.0 Å². The zero-order valence-corrected chi connectivity index (χ0v) is 17.0. The van der Waals surface area contributed by atoms with Gasteiger partial charge in [0, 0.05) is 29.8 Å². The van der Waals surface area contributed by atoms with Crippen molar-refractivity contribution in [3.05, 3.63) is 102 Å². The first-order valence-corrected chi connectivity index (χ1v) is 9.95. The number of para-hydroxylation sites is 1. The normalized spacial score (nSPS) is 11.8. The van der Waals surface area contributed by atoms with Crippen LogP contribution >= 0.6 is 0 Å². The molecular formula is C25H22FN3O2. The van der Waals surface area contributed by atoms with Crippen LogP contribution in [0.4, 0.5) is 10.1 Å². The maximum absolute atomic E-state index is 13.2. The van der Waals surface area contributed by atoms with Gasteiger partial charge < -0.3 is 15.2 Å². The lowest BCUT2D eigenvalue weighted by Crippen LogP contribution is -2.39. The Bertz CT molecular complexity index is 1200. The Labute approximate surface area is 179 Å². The molecule has 1 aromatic heterocycles. The van der Waals surface area contributed by atoms with Crippen LogP contribution in [0, 0.1) is 5.82 Å². The number of benzene rings is 3. The molecule has 3 aromatic carbocycles. The van der Waals surface area contributed by atoms with Crippen molar-refractivity contribution in [2.24, 2.45) is 0 Å². The molecule has 4 rings (SSSR count). The van der Waals surface area contributed by atoms with Crippen molar-refractivity contribution in [1.29, 1.82) is 0 Å².